The van der Waals surface area contributed by atoms with Crippen LogP contribution in [0.3, 0.4) is 0 Å². The van der Waals surface area contributed by atoms with Gasteiger partial charge in [0.15, 0.2) is 0 Å². The van der Waals surface area contributed by atoms with Crippen molar-refractivity contribution < 1.29 is 17.9 Å². The van der Waals surface area contributed by atoms with Crippen molar-refractivity contribution in [1.29, 1.82) is 0 Å². The minimum atomic E-state index is -4.44. The van der Waals surface area contributed by atoms with Crippen molar-refractivity contribution in [1.82, 2.24) is 14.5 Å². The highest BCUT2D eigenvalue weighted by Crippen LogP contribution is 2.33. The van der Waals surface area contributed by atoms with Crippen LogP contribution in [0.15, 0.2) is 60.8 Å². The second-order valence-electron chi connectivity index (χ2n) is 7.44. The molecule has 0 bridgehead atoms. The van der Waals surface area contributed by atoms with Gasteiger partial charge in [-0.25, -0.2) is 9.97 Å². The van der Waals surface area contributed by atoms with Crippen LogP contribution < -0.4 is 15.4 Å². The van der Waals surface area contributed by atoms with Crippen molar-refractivity contribution in [2.45, 2.75) is 26.1 Å². The number of hydrogen-bond acceptors (Lipinski definition) is 5. The number of rotatable bonds is 6. The third-order valence-corrected chi connectivity index (χ3v) is 4.69. The molecule has 4 aromatic rings. The molecular weight excluding hydrogens is 419 g/mol. The first kappa shape index (κ1) is 21.5. The Labute approximate surface area is 183 Å². The van der Waals surface area contributed by atoms with Crippen LogP contribution in [0.5, 0.6) is 5.75 Å². The van der Waals surface area contributed by atoms with Gasteiger partial charge in [-0.2, -0.15) is 13.2 Å². The van der Waals surface area contributed by atoms with Gasteiger partial charge in [0.2, 0.25) is 5.95 Å². The molecule has 0 saturated heterocycles. The molecule has 6 nitrogen and oxygen atoms in total. The predicted octanol–water partition coefficient (Wildman–Crippen LogP) is 6.01. The summed E-state index contributed by atoms with van der Waals surface area (Å²) in [4.78, 5) is 8.84. The Kier molecular flexibility index (Phi) is 5.65. The van der Waals surface area contributed by atoms with Crippen molar-refractivity contribution in [2.24, 2.45) is 0 Å². The molecule has 166 valence electrons. The Morgan fingerprint density at radius 3 is 2.44 bits per heavy atom. The summed E-state index contributed by atoms with van der Waals surface area (Å²) in [7, 11) is 1.67. The van der Waals surface area contributed by atoms with Crippen LogP contribution >= 0.6 is 0 Å². The molecule has 0 atom stereocenters. The van der Waals surface area contributed by atoms with E-state index >= 15 is 0 Å². The van der Waals surface area contributed by atoms with Crippen molar-refractivity contribution >= 4 is 28.5 Å². The second kappa shape index (κ2) is 8.41. The third-order valence-electron chi connectivity index (χ3n) is 4.69. The molecule has 0 aliphatic heterocycles. The van der Waals surface area contributed by atoms with Gasteiger partial charge in [-0.3, -0.25) is 4.57 Å². The SMILES string of the molecule is CNc1nc2cnc(Nc3ccc(OC(C)C)cc3)cc2n1-c1cccc(C(F)(F)F)c1. The summed E-state index contributed by atoms with van der Waals surface area (Å²) in [5.41, 5.74) is 1.59. The fraction of sp³-hybridized carbons (Fsp3) is 0.217. The fourth-order valence-electron chi connectivity index (χ4n) is 3.34. The van der Waals surface area contributed by atoms with E-state index in [1.807, 2.05) is 38.1 Å². The lowest BCUT2D eigenvalue weighted by Crippen LogP contribution is -2.07. The number of benzene rings is 2. The number of halogens is 3. The van der Waals surface area contributed by atoms with E-state index in [4.69, 9.17) is 4.74 Å². The number of aromatic nitrogens is 3. The number of nitrogens with zero attached hydrogens (tertiary/aromatic N) is 3. The van der Waals surface area contributed by atoms with E-state index in [0.29, 0.717) is 28.5 Å². The molecule has 2 aromatic heterocycles. The van der Waals surface area contributed by atoms with Crippen molar-refractivity contribution in [3.05, 3.63) is 66.4 Å². The average Bonchev–Trinajstić information content (AvgIpc) is 3.12. The third kappa shape index (κ3) is 4.46. The Hall–Kier alpha value is -3.75. The van der Waals surface area contributed by atoms with Crippen LogP contribution in [0, 0.1) is 0 Å². The van der Waals surface area contributed by atoms with Crippen molar-refractivity contribution in [3.8, 4) is 11.4 Å². The molecule has 0 aliphatic carbocycles. The molecular formula is C23H22F3N5O. The molecule has 2 aromatic carbocycles. The molecule has 4 rings (SSSR count). The number of anilines is 3. The maximum absolute atomic E-state index is 13.2. The van der Waals surface area contributed by atoms with Gasteiger partial charge >= 0.3 is 6.18 Å². The highest BCUT2D eigenvalue weighted by molar-refractivity contribution is 5.83. The lowest BCUT2D eigenvalue weighted by molar-refractivity contribution is -0.137. The first-order valence-corrected chi connectivity index (χ1v) is 10.0. The van der Waals surface area contributed by atoms with E-state index in [2.05, 4.69) is 20.6 Å². The standard InChI is InChI=1S/C23H22F3N5O/c1-14(2)32-18-9-7-16(8-10-18)29-21-12-20-19(13-28-21)30-22(27-3)31(20)17-6-4-5-15(11-17)23(24,25)26/h4-14H,1-3H3,(H,27,30)(H,28,29). The fourth-order valence-corrected chi connectivity index (χ4v) is 3.34. The average molecular weight is 441 g/mol. The molecule has 0 unspecified atom stereocenters. The van der Waals surface area contributed by atoms with Crippen LogP contribution in [-0.2, 0) is 6.18 Å². The van der Waals surface area contributed by atoms with Gasteiger partial charge in [0.25, 0.3) is 0 Å². The maximum Gasteiger partial charge on any atom is 0.416 e. The molecule has 0 spiro atoms. The summed E-state index contributed by atoms with van der Waals surface area (Å²) in [6.45, 7) is 3.91. The number of nitrogens with one attached hydrogen (secondary N) is 2. The smallest absolute Gasteiger partial charge is 0.416 e. The molecule has 0 fully saturated rings. The van der Waals surface area contributed by atoms with Crippen LogP contribution in [0.25, 0.3) is 16.7 Å². The zero-order valence-corrected chi connectivity index (χ0v) is 17.7. The minimum Gasteiger partial charge on any atom is -0.491 e. The topological polar surface area (TPSA) is 64.0 Å². The summed E-state index contributed by atoms with van der Waals surface area (Å²) < 4.78 is 47.0. The lowest BCUT2D eigenvalue weighted by atomic mass is 10.2. The number of pyridine rings is 1. The monoisotopic (exact) mass is 441 g/mol. The van der Waals surface area contributed by atoms with Crippen molar-refractivity contribution in [2.75, 3.05) is 17.7 Å². The normalized spacial score (nSPS) is 11.7. The molecule has 0 radical (unpaired) electrons. The van der Waals surface area contributed by atoms with Gasteiger partial charge < -0.3 is 15.4 Å². The van der Waals surface area contributed by atoms with E-state index in [1.165, 1.54) is 6.07 Å². The molecule has 0 amide bonds. The highest BCUT2D eigenvalue weighted by atomic mass is 19.4. The van der Waals surface area contributed by atoms with Crippen LogP contribution in [0.1, 0.15) is 19.4 Å². The largest absolute Gasteiger partial charge is 0.491 e. The van der Waals surface area contributed by atoms with Crippen LogP contribution in [-0.4, -0.2) is 27.7 Å². The molecule has 0 aliphatic rings. The second-order valence-corrected chi connectivity index (χ2v) is 7.44. The number of fused-ring (bicyclic) bond motifs is 1. The zero-order valence-electron chi connectivity index (χ0n) is 17.7. The molecule has 2 N–H and O–H groups in total. The molecule has 9 heteroatoms. The summed E-state index contributed by atoms with van der Waals surface area (Å²) in [5, 5.41) is 6.15. The molecule has 0 saturated carbocycles. The first-order valence-electron chi connectivity index (χ1n) is 10.0. The Balaban J connectivity index is 1.71. The predicted molar refractivity (Wildman–Crippen MR) is 119 cm³/mol. The lowest BCUT2D eigenvalue weighted by Gasteiger charge is -2.13. The number of alkyl halides is 3. The first-order chi connectivity index (χ1) is 15.2. The highest BCUT2D eigenvalue weighted by Gasteiger charge is 2.30. The molecule has 32 heavy (non-hydrogen) atoms. The van der Waals surface area contributed by atoms with Gasteiger partial charge in [0.1, 0.15) is 17.1 Å². The van der Waals surface area contributed by atoms with Crippen molar-refractivity contribution in [3.63, 3.8) is 0 Å². The van der Waals surface area contributed by atoms with E-state index in [9.17, 15) is 13.2 Å². The number of imidazole rings is 1. The van der Waals surface area contributed by atoms with Crippen LogP contribution in [0.2, 0.25) is 0 Å². The zero-order chi connectivity index (χ0) is 22.9. The van der Waals surface area contributed by atoms with Gasteiger partial charge in [-0.05, 0) is 56.3 Å². The Morgan fingerprint density at radius 2 is 1.78 bits per heavy atom. The van der Waals surface area contributed by atoms with Gasteiger partial charge in [-0.1, -0.05) is 6.07 Å². The van der Waals surface area contributed by atoms with Gasteiger partial charge in [-0.15, -0.1) is 0 Å². The van der Waals surface area contributed by atoms with Crippen LogP contribution in [0.4, 0.5) is 30.6 Å². The summed E-state index contributed by atoms with van der Waals surface area (Å²) in [6.07, 6.45) is -2.78. The number of ether oxygens (including phenoxy) is 1. The Morgan fingerprint density at radius 1 is 1.03 bits per heavy atom. The van der Waals surface area contributed by atoms with E-state index in [1.54, 1.807) is 29.9 Å². The quantitative estimate of drug-likeness (QED) is 0.384. The summed E-state index contributed by atoms with van der Waals surface area (Å²) in [5.74, 6) is 1.70. The maximum atomic E-state index is 13.2. The Bertz CT molecular complexity index is 1230. The van der Waals surface area contributed by atoms with Gasteiger partial charge in [0.05, 0.1) is 23.4 Å². The molecule has 2 heterocycles. The summed E-state index contributed by atoms with van der Waals surface area (Å²) in [6, 6.07) is 14.3. The summed E-state index contributed by atoms with van der Waals surface area (Å²) >= 11 is 0. The number of hydrogen-bond donors (Lipinski definition) is 2. The minimum absolute atomic E-state index is 0.0791. The van der Waals surface area contributed by atoms with Gasteiger partial charge in [0, 0.05) is 24.5 Å². The van der Waals surface area contributed by atoms with E-state index in [-0.39, 0.29) is 6.10 Å². The van der Waals surface area contributed by atoms with E-state index < -0.39 is 11.7 Å². The van der Waals surface area contributed by atoms with E-state index in [0.717, 1.165) is 23.6 Å².